The molecule has 0 radical (unpaired) electrons. The summed E-state index contributed by atoms with van der Waals surface area (Å²) in [5, 5.41) is 30.8. The fourth-order valence-electron chi connectivity index (χ4n) is 6.67. The van der Waals surface area contributed by atoms with Crippen LogP contribution in [0.5, 0.6) is 0 Å². The fourth-order valence-corrected chi connectivity index (χ4v) is 6.67. The lowest BCUT2D eigenvalue weighted by Gasteiger charge is -2.44. The van der Waals surface area contributed by atoms with Crippen LogP contribution in [0.25, 0.3) is 0 Å². The van der Waals surface area contributed by atoms with Crippen LogP contribution < -0.4 is 0 Å². The molecular weight excluding hydrogens is 400 g/mol. The van der Waals surface area contributed by atoms with Gasteiger partial charge >= 0.3 is 0 Å². The van der Waals surface area contributed by atoms with Gasteiger partial charge in [-0.15, -0.1) is 0 Å². The van der Waals surface area contributed by atoms with Crippen LogP contribution in [0.15, 0.2) is 35.5 Å². The molecule has 0 aromatic heterocycles. The molecule has 0 spiro atoms. The molecule has 0 unspecified atom stereocenters. The first-order chi connectivity index (χ1) is 15.1. The van der Waals surface area contributed by atoms with E-state index in [9.17, 15) is 15.3 Å². The van der Waals surface area contributed by atoms with Crippen molar-refractivity contribution in [2.24, 2.45) is 17.3 Å². The summed E-state index contributed by atoms with van der Waals surface area (Å²) < 4.78 is 6.31. The minimum atomic E-state index is -0.632. The molecule has 3 saturated carbocycles. The molecule has 32 heavy (non-hydrogen) atoms. The molecule has 6 atom stereocenters. The van der Waals surface area contributed by atoms with Crippen molar-refractivity contribution < 1.29 is 20.1 Å². The van der Waals surface area contributed by atoms with Crippen LogP contribution in [0.4, 0.5) is 0 Å². The minimum absolute atomic E-state index is 0.198. The van der Waals surface area contributed by atoms with E-state index < -0.39 is 17.8 Å². The van der Waals surface area contributed by atoms with E-state index in [0.29, 0.717) is 37.7 Å². The average molecular weight is 447 g/mol. The summed E-state index contributed by atoms with van der Waals surface area (Å²) in [7, 11) is 0. The number of ether oxygens (including phenoxy) is 1. The van der Waals surface area contributed by atoms with Gasteiger partial charge in [-0.2, -0.15) is 0 Å². The summed E-state index contributed by atoms with van der Waals surface area (Å²) in [6, 6.07) is 0. The number of allylic oxidation sites excluding steroid dienone is 3. The Bertz CT molecular complexity index is 719. The second-order valence-electron chi connectivity index (χ2n) is 10.9. The van der Waals surface area contributed by atoms with E-state index >= 15 is 0 Å². The second-order valence-corrected chi connectivity index (χ2v) is 10.9. The largest absolute Gasteiger partial charge is 0.393 e. The summed E-state index contributed by atoms with van der Waals surface area (Å²) in [4.78, 5) is 0. The third-order valence-corrected chi connectivity index (χ3v) is 9.13. The molecule has 0 aromatic rings. The zero-order chi connectivity index (χ0) is 23.5. The Kier molecular flexibility index (Phi) is 8.46. The highest BCUT2D eigenvalue weighted by molar-refractivity contribution is 5.38. The summed E-state index contributed by atoms with van der Waals surface area (Å²) in [5.74, 6) is 1.10. The highest BCUT2D eigenvalue weighted by atomic mass is 16.5. The molecule has 3 fully saturated rings. The second kappa shape index (κ2) is 10.5. The lowest BCUT2D eigenvalue weighted by atomic mass is 9.62. The minimum Gasteiger partial charge on any atom is -0.393 e. The smallest absolute Gasteiger partial charge is 0.0811 e. The molecule has 0 heterocycles. The van der Waals surface area contributed by atoms with Gasteiger partial charge in [0.2, 0.25) is 0 Å². The van der Waals surface area contributed by atoms with E-state index in [1.54, 1.807) is 0 Å². The number of aliphatic hydroxyl groups is 3. The SMILES string of the molecule is C=C1/C(=C\C=C2\CCC[C@]3(C)[C@@H]([C@@H](C)OCCC(O)(CC)CC)CC[C@@H]23)C[C@@H](O)C[C@@H]1O. The van der Waals surface area contributed by atoms with Crippen LogP contribution >= 0.6 is 0 Å². The van der Waals surface area contributed by atoms with Gasteiger partial charge in [-0.3, -0.25) is 0 Å². The first-order valence-corrected chi connectivity index (χ1v) is 12.9. The maximum absolute atomic E-state index is 10.6. The first-order valence-electron chi connectivity index (χ1n) is 12.9. The standard InChI is InChI=1S/C28H46O4/c1-6-28(31,7-2)15-16-32-20(4)24-12-13-25-21(9-8-14-27(24,25)5)10-11-22-17-23(29)18-26(30)19(22)3/h10-11,20,23-26,29-31H,3,6-9,12-18H2,1-2,4-5H3/b21-10-,22-11-/t20-,23-,24-,25+,26+,27-/m1/s1. The molecule has 0 saturated heterocycles. The van der Waals surface area contributed by atoms with Crippen molar-refractivity contribution in [1.29, 1.82) is 0 Å². The first kappa shape index (κ1) is 25.7. The van der Waals surface area contributed by atoms with Crippen LogP contribution in [-0.4, -0.2) is 45.8 Å². The molecule has 0 aliphatic heterocycles. The lowest BCUT2D eigenvalue weighted by Crippen LogP contribution is -2.39. The predicted molar refractivity (Wildman–Crippen MR) is 130 cm³/mol. The maximum Gasteiger partial charge on any atom is 0.0811 e. The fraction of sp³-hybridized carbons (Fsp3) is 0.786. The van der Waals surface area contributed by atoms with Gasteiger partial charge in [-0.25, -0.2) is 0 Å². The highest BCUT2D eigenvalue weighted by Gasteiger charge is 2.51. The van der Waals surface area contributed by atoms with Crippen LogP contribution in [0.1, 0.15) is 91.9 Å². The molecule has 0 aromatic carbocycles. The van der Waals surface area contributed by atoms with Gasteiger partial charge in [0, 0.05) is 13.0 Å². The molecule has 4 heteroatoms. The Balaban J connectivity index is 1.67. The van der Waals surface area contributed by atoms with E-state index in [1.807, 2.05) is 13.8 Å². The van der Waals surface area contributed by atoms with Gasteiger partial charge in [0.15, 0.2) is 0 Å². The molecule has 0 amide bonds. The number of hydrogen-bond donors (Lipinski definition) is 3. The van der Waals surface area contributed by atoms with E-state index in [-0.39, 0.29) is 11.5 Å². The Labute approximate surface area is 195 Å². The molecular formula is C28H46O4. The average Bonchev–Trinajstić information content (AvgIpc) is 3.12. The Morgan fingerprint density at radius 3 is 2.62 bits per heavy atom. The van der Waals surface area contributed by atoms with Crippen molar-refractivity contribution in [2.75, 3.05) is 6.61 Å². The van der Waals surface area contributed by atoms with Crippen molar-refractivity contribution in [3.8, 4) is 0 Å². The van der Waals surface area contributed by atoms with Crippen LogP contribution in [-0.2, 0) is 4.74 Å². The Morgan fingerprint density at radius 1 is 1.22 bits per heavy atom. The van der Waals surface area contributed by atoms with Gasteiger partial charge in [-0.1, -0.05) is 45.1 Å². The zero-order valence-electron chi connectivity index (χ0n) is 20.8. The number of rotatable bonds is 8. The number of fused-ring (bicyclic) bond motifs is 1. The Hall–Kier alpha value is -0.940. The monoisotopic (exact) mass is 446 g/mol. The molecule has 3 N–H and O–H groups in total. The van der Waals surface area contributed by atoms with Gasteiger partial charge in [0.25, 0.3) is 0 Å². The van der Waals surface area contributed by atoms with Gasteiger partial charge in [-0.05, 0) is 93.1 Å². The molecule has 0 bridgehead atoms. The van der Waals surface area contributed by atoms with Crippen LogP contribution in [0, 0.1) is 17.3 Å². The predicted octanol–water partition coefficient (Wildman–Crippen LogP) is 5.47. The van der Waals surface area contributed by atoms with Crippen LogP contribution in [0.2, 0.25) is 0 Å². The molecule has 3 aliphatic carbocycles. The van der Waals surface area contributed by atoms with E-state index in [0.717, 1.165) is 30.4 Å². The lowest BCUT2D eigenvalue weighted by molar-refractivity contribution is -0.0559. The number of hydrogen-bond acceptors (Lipinski definition) is 4. The van der Waals surface area contributed by atoms with E-state index in [4.69, 9.17) is 4.74 Å². The van der Waals surface area contributed by atoms with Crippen LogP contribution in [0.3, 0.4) is 0 Å². The van der Waals surface area contributed by atoms with Gasteiger partial charge in [0.1, 0.15) is 0 Å². The van der Waals surface area contributed by atoms with Crippen molar-refractivity contribution in [3.05, 3.63) is 35.5 Å². The van der Waals surface area contributed by atoms with Crippen molar-refractivity contribution in [1.82, 2.24) is 0 Å². The van der Waals surface area contributed by atoms with Gasteiger partial charge in [0.05, 0.1) is 23.9 Å². The molecule has 182 valence electrons. The summed E-state index contributed by atoms with van der Waals surface area (Å²) in [5.41, 5.74) is 2.91. The summed E-state index contributed by atoms with van der Waals surface area (Å²) in [6.45, 7) is 13.5. The van der Waals surface area contributed by atoms with E-state index in [2.05, 4.69) is 32.6 Å². The maximum atomic E-state index is 10.6. The molecule has 4 nitrogen and oxygen atoms in total. The quantitative estimate of drug-likeness (QED) is 0.462. The summed E-state index contributed by atoms with van der Waals surface area (Å²) in [6.07, 6.45) is 12.6. The summed E-state index contributed by atoms with van der Waals surface area (Å²) >= 11 is 0. The number of aliphatic hydroxyl groups excluding tert-OH is 2. The van der Waals surface area contributed by atoms with Gasteiger partial charge < -0.3 is 20.1 Å². The highest BCUT2D eigenvalue weighted by Crippen LogP contribution is 2.58. The zero-order valence-corrected chi connectivity index (χ0v) is 20.8. The molecule has 3 rings (SSSR count). The van der Waals surface area contributed by atoms with Crippen molar-refractivity contribution >= 4 is 0 Å². The van der Waals surface area contributed by atoms with Crippen molar-refractivity contribution in [2.45, 2.75) is 116 Å². The third kappa shape index (κ3) is 5.41. The topological polar surface area (TPSA) is 69.9 Å². The third-order valence-electron chi connectivity index (χ3n) is 9.13. The van der Waals surface area contributed by atoms with Crippen molar-refractivity contribution in [3.63, 3.8) is 0 Å². The molecule has 3 aliphatic rings. The normalized spacial score (nSPS) is 37.2. The Morgan fingerprint density at radius 2 is 1.94 bits per heavy atom. The van der Waals surface area contributed by atoms with E-state index in [1.165, 1.54) is 31.3 Å².